The van der Waals surface area contributed by atoms with Gasteiger partial charge in [-0.3, -0.25) is 0 Å². The Labute approximate surface area is 105 Å². The van der Waals surface area contributed by atoms with E-state index in [-0.39, 0.29) is 23.9 Å². The molecule has 0 aliphatic rings. The fourth-order valence-electron chi connectivity index (χ4n) is 1.33. The maximum atomic E-state index is 11.2. The van der Waals surface area contributed by atoms with Crippen molar-refractivity contribution >= 4 is 17.7 Å². The maximum Gasteiger partial charge on any atom is 0.407 e. The highest BCUT2D eigenvalue weighted by Gasteiger charge is 2.09. The molecule has 0 aliphatic heterocycles. The summed E-state index contributed by atoms with van der Waals surface area (Å²) in [7, 11) is 0. The summed E-state index contributed by atoms with van der Waals surface area (Å²) < 4.78 is 4.88. The van der Waals surface area contributed by atoms with Crippen LogP contribution in [-0.2, 0) is 11.3 Å². The molecule has 1 rings (SSSR count). The van der Waals surface area contributed by atoms with Gasteiger partial charge in [0.05, 0.1) is 11.7 Å². The van der Waals surface area contributed by atoms with Gasteiger partial charge < -0.3 is 20.9 Å². The Morgan fingerprint density at radius 1 is 1.44 bits per heavy atom. The van der Waals surface area contributed by atoms with Gasteiger partial charge in [0.2, 0.25) is 0 Å². The SMILES string of the molecule is CC(C)OC(=O)NCc1ccc(N)c(C(=O)O)c1. The zero-order valence-corrected chi connectivity index (χ0v) is 10.3. The Morgan fingerprint density at radius 2 is 2.11 bits per heavy atom. The van der Waals surface area contributed by atoms with E-state index in [1.54, 1.807) is 19.9 Å². The molecule has 98 valence electrons. The van der Waals surface area contributed by atoms with Crippen LogP contribution >= 0.6 is 0 Å². The van der Waals surface area contributed by atoms with Crippen LogP contribution in [-0.4, -0.2) is 23.3 Å². The van der Waals surface area contributed by atoms with Crippen molar-refractivity contribution in [2.45, 2.75) is 26.5 Å². The highest BCUT2D eigenvalue weighted by atomic mass is 16.6. The normalized spacial score (nSPS) is 10.2. The summed E-state index contributed by atoms with van der Waals surface area (Å²) >= 11 is 0. The second kappa shape index (κ2) is 5.90. The lowest BCUT2D eigenvalue weighted by molar-refractivity contribution is 0.0698. The number of anilines is 1. The predicted octanol–water partition coefficient (Wildman–Crippen LogP) is 1.60. The van der Waals surface area contributed by atoms with E-state index in [0.29, 0.717) is 5.56 Å². The summed E-state index contributed by atoms with van der Waals surface area (Å²) in [6.45, 7) is 3.67. The number of hydrogen-bond acceptors (Lipinski definition) is 4. The van der Waals surface area contributed by atoms with Crippen LogP contribution in [0.5, 0.6) is 0 Å². The number of hydrogen-bond donors (Lipinski definition) is 3. The van der Waals surface area contributed by atoms with Gasteiger partial charge in [0, 0.05) is 12.2 Å². The van der Waals surface area contributed by atoms with Crippen molar-refractivity contribution in [2.75, 3.05) is 5.73 Å². The number of aromatic carboxylic acids is 1. The van der Waals surface area contributed by atoms with Gasteiger partial charge in [-0.2, -0.15) is 0 Å². The molecular formula is C12H16N2O4. The van der Waals surface area contributed by atoms with Crippen LogP contribution < -0.4 is 11.1 Å². The topological polar surface area (TPSA) is 102 Å². The Balaban J connectivity index is 2.66. The molecular weight excluding hydrogens is 236 g/mol. The predicted molar refractivity (Wildman–Crippen MR) is 66.3 cm³/mol. The third-order valence-electron chi connectivity index (χ3n) is 2.13. The molecule has 0 spiro atoms. The van der Waals surface area contributed by atoms with E-state index in [9.17, 15) is 9.59 Å². The second-order valence-corrected chi connectivity index (χ2v) is 4.03. The molecule has 0 unspecified atom stereocenters. The van der Waals surface area contributed by atoms with E-state index in [2.05, 4.69) is 5.32 Å². The average Bonchev–Trinajstić information content (AvgIpc) is 2.26. The van der Waals surface area contributed by atoms with Crippen LogP contribution in [0, 0.1) is 0 Å². The van der Waals surface area contributed by atoms with Crippen molar-refractivity contribution in [1.29, 1.82) is 0 Å². The number of ether oxygens (including phenoxy) is 1. The van der Waals surface area contributed by atoms with Crippen molar-refractivity contribution in [1.82, 2.24) is 5.32 Å². The fraction of sp³-hybridized carbons (Fsp3) is 0.333. The zero-order chi connectivity index (χ0) is 13.7. The Kier molecular flexibility index (Phi) is 4.53. The minimum atomic E-state index is -1.10. The van der Waals surface area contributed by atoms with Crippen LogP contribution in [0.25, 0.3) is 0 Å². The third kappa shape index (κ3) is 3.97. The van der Waals surface area contributed by atoms with Crippen LogP contribution in [0.1, 0.15) is 29.8 Å². The number of amides is 1. The summed E-state index contributed by atoms with van der Waals surface area (Å²) in [5.41, 5.74) is 6.37. The van der Waals surface area contributed by atoms with E-state index in [0.717, 1.165) is 0 Å². The largest absolute Gasteiger partial charge is 0.478 e. The van der Waals surface area contributed by atoms with E-state index in [4.69, 9.17) is 15.6 Å². The van der Waals surface area contributed by atoms with Crippen molar-refractivity contribution in [3.05, 3.63) is 29.3 Å². The lowest BCUT2D eigenvalue weighted by atomic mass is 10.1. The summed E-state index contributed by atoms with van der Waals surface area (Å²) in [6.07, 6.45) is -0.746. The number of nitrogens with two attached hydrogens (primary N) is 1. The molecule has 0 fully saturated rings. The van der Waals surface area contributed by atoms with Gasteiger partial charge >= 0.3 is 12.1 Å². The van der Waals surface area contributed by atoms with Gasteiger partial charge in [-0.05, 0) is 31.5 Å². The minimum Gasteiger partial charge on any atom is -0.478 e. The summed E-state index contributed by atoms with van der Waals surface area (Å²) in [6, 6.07) is 4.57. The first-order valence-electron chi connectivity index (χ1n) is 5.46. The summed E-state index contributed by atoms with van der Waals surface area (Å²) in [4.78, 5) is 22.1. The Bertz CT molecular complexity index is 457. The highest BCUT2D eigenvalue weighted by molar-refractivity contribution is 5.93. The van der Waals surface area contributed by atoms with Crippen LogP contribution in [0.4, 0.5) is 10.5 Å². The molecule has 0 bridgehead atoms. The molecule has 0 radical (unpaired) electrons. The van der Waals surface area contributed by atoms with E-state index in [1.807, 2.05) is 0 Å². The lowest BCUT2D eigenvalue weighted by Crippen LogP contribution is -2.26. The average molecular weight is 252 g/mol. The summed E-state index contributed by atoms with van der Waals surface area (Å²) in [5, 5.41) is 11.4. The molecule has 0 saturated carbocycles. The van der Waals surface area contributed by atoms with E-state index in [1.165, 1.54) is 12.1 Å². The number of benzene rings is 1. The van der Waals surface area contributed by atoms with Gasteiger partial charge in [0.25, 0.3) is 0 Å². The highest BCUT2D eigenvalue weighted by Crippen LogP contribution is 2.14. The van der Waals surface area contributed by atoms with Crippen LogP contribution in [0.3, 0.4) is 0 Å². The van der Waals surface area contributed by atoms with E-state index < -0.39 is 12.1 Å². The summed E-state index contributed by atoms with van der Waals surface area (Å²) in [5.74, 6) is -1.10. The fourth-order valence-corrected chi connectivity index (χ4v) is 1.33. The molecule has 0 atom stereocenters. The molecule has 0 heterocycles. The molecule has 0 saturated heterocycles. The molecule has 6 heteroatoms. The molecule has 18 heavy (non-hydrogen) atoms. The third-order valence-corrected chi connectivity index (χ3v) is 2.13. The molecule has 1 aromatic carbocycles. The zero-order valence-electron chi connectivity index (χ0n) is 10.3. The van der Waals surface area contributed by atoms with Gasteiger partial charge in [-0.25, -0.2) is 9.59 Å². The monoisotopic (exact) mass is 252 g/mol. The van der Waals surface area contributed by atoms with E-state index >= 15 is 0 Å². The molecule has 0 aromatic heterocycles. The van der Waals surface area contributed by atoms with Crippen molar-refractivity contribution in [3.63, 3.8) is 0 Å². The Hall–Kier alpha value is -2.24. The number of carboxylic acids is 1. The van der Waals surface area contributed by atoms with Gasteiger partial charge in [0.1, 0.15) is 0 Å². The molecule has 0 aliphatic carbocycles. The number of carbonyl (C=O) groups is 2. The molecule has 1 amide bonds. The van der Waals surface area contributed by atoms with Gasteiger partial charge in [0.15, 0.2) is 0 Å². The molecule has 1 aromatic rings. The van der Waals surface area contributed by atoms with Crippen LogP contribution in [0.15, 0.2) is 18.2 Å². The number of rotatable bonds is 4. The molecule has 4 N–H and O–H groups in total. The number of alkyl carbamates (subject to hydrolysis) is 1. The van der Waals surface area contributed by atoms with Crippen molar-refractivity contribution in [3.8, 4) is 0 Å². The van der Waals surface area contributed by atoms with Crippen molar-refractivity contribution in [2.24, 2.45) is 0 Å². The number of carboxylic acid groups (broad SMARTS) is 1. The molecule has 6 nitrogen and oxygen atoms in total. The van der Waals surface area contributed by atoms with Gasteiger partial charge in [-0.1, -0.05) is 6.07 Å². The van der Waals surface area contributed by atoms with Crippen molar-refractivity contribution < 1.29 is 19.4 Å². The first-order chi connectivity index (χ1) is 8.40. The number of carbonyl (C=O) groups excluding carboxylic acids is 1. The first kappa shape index (κ1) is 13.8. The quantitative estimate of drug-likeness (QED) is 0.706. The second-order valence-electron chi connectivity index (χ2n) is 4.03. The minimum absolute atomic E-state index is 0.0199. The Morgan fingerprint density at radius 3 is 2.67 bits per heavy atom. The first-order valence-corrected chi connectivity index (χ1v) is 5.46. The maximum absolute atomic E-state index is 11.2. The standard InChI is InChI=1S/C12H16N2O4/c1-7(2)18-12(17)14-6-8-3-4-10(13)9(5-8)11(15)16/h3-5,7H,6,13H2,1-2H3,(H,14,17)(H,15,16). The van der Waals surface area contributed by atoms with Crippen LogP contribution in [0.2, 0.25) is 0 Å². The number of nitrogen functional groups attached to an aromatic ring is 1. The smallest absolute Gasteiger partial charge is 0.407 e. The lowest BCUT2D eigenvalue weighted by Gasteiger charge is -2.10. The van der Waals surface area contributed by atoms with Gasteiger partial charge in [-0.15, -0.1) is 0 Å². The number of nitrogens with one attached hydrogen (secondary N) is 1.